The fourth-order valence-electron chi connectivity index (χ4n) is 3.61. The maximum atomic E-state index is 13.8. The predicted octanol–water partition coefficient (Wildman–Crippen LogP) is -0.612. The van der Waals surface area contributed by atoms with E-state index in [1.165, 1.54) is 13.8 Å². The summed E-state index contributed by atoms with van der Waals surface area (Å²) in [4.78, 5) is 50.3. The van der Waals surface area contributed by atoms with Crippen molar-refractivity contribution in [1.29, 1.82) is 0 Å². The summed E-state index contributed by atoms with van der Waals surface area (Å²) in [5, 5.41) is 25.6. The van der Waals surface area contributed by atoms with Crippen molar-refractivity contribution in [3.05, 3.63) is 33.1 Å². The summed E-state index contributed by atoms with van der Waals surface area (Å²) in [5.74, 6) is -2.42. The first kappa shape index (κ1) is 31.8. The molecule has 1 aliphatic heterocycles. The van der Waals surface area contributed by atoms with Gasteiger partial charge in [0.25, 0.3) is 5.56 Å². The van der Waals surface area contributed by atoms with Crippen molar-refractivity contribution in [3.8, 4) is 0 Å². The van der Waals surface area contributed by atoms with Crippen LogP contribution in [0, 0.1) is 5.92 Å². The zero-order chi connectivity index (χ0) is 28.8. The van der Waals surface area contributed by atoms with Crippen molar-refractivity contribution in [3.63, 3.8) is 0 Å². The highest BCUT2D eigenvalue weighted by atomic mass is 31.2. The highest BCUT2D eigenvalue weighted by molar-refractivity contribution is 7.54. The minimum atomic E-state index is -4.20. The van der Waals surface area contributed by atoms with E-state index in [-0.39, 0.29) is 0 Å². The number of nitrogens with one attached hydrogen (secondary N) is 3. The Morgan fingerprint density at radius 2 is 1.61 bits per heavy atom. The number of nitrogens with zero attached hydrogens (tertiary/aromatic N) is 1. The van der Waals surface area contributed by atoms with Crippen molar-refractivity contribution < 1.29 is 43.1 Å². The van der Waals surface area contributed by atoms with Gasteiger partial charge in [0.2, 0.25) is 0 Å². The van der Waals surface area contributed by atoms with E-state index in [4.69, 9.17) is 18.7 Å². The lowest BCUT2D eigenvalue weighted by molar-refractivity contribution is -0.149. The van der Waals surface area contributed by atoms with Crippen molar-refractivity contribution in [2.24, 2.45) is 5.92 Å². The third-order valence-electron chi connectivity index (χ3n) is 5.42. The van der Waals surface area contributed by atoms with Crippen LogP contribution in [0.3, 0.4) is 0 Å². The van der Waals surface area contributed by atoms with Gasteiger partial charge in [0, 0.05) is 18.2 Å². The largest absolute Gasteiger partial charge is 0.462 e. The number of hydrogen-bond acceptors (Lipinski definition) is 11. The molecule has 1 saturated heterocycles. The second-order valence-electron chi connectivity index (χ2n) is 9.44. The summed E-state index contributed by atoms with van der Waals surface area (Å²) in [7, 11) is -4.20. The van der Waals surface area contributed by atoms with Crippen LogP contribution in [0.15, 0.2) is 21.9 Å². The Balaban J connectivity index is 2.24. The van der Waals surface area contributed by atoms with E-state index < -0.39 is 92.7 Å². The van der Waals surface area contributed by atoms with Crippen LogP contribution in [0.2, 0.25) is 0 Å². The quantitative estimate of drug-likeness (QED) is 0.150. The first-order valence-corrected chi connectivity index (χ1v) is 13.8. The molecule has 6 atom stereocenters. The van der Waals surface area contributed by atoms with Crippen LogP contribution in [0.5, 0.6) is 0 Å². The van der Waals surface area contributed by atoms with Crippen molar-refractivity contribution in [2.45, 2.75) is 84.3 Å². The second-order valence-corrected chi connectivity index (χ2v) is 11.3. The van der Waals surface area contributed by atoms with Crippen LogP contribution in [0.1, 0.15) is 47.8 Å². The SMILES string of the molecule is CC(C)OC(=O)[C@H](C)NP(=O)(N[C@@H](C)C(=O)OC(C)C)OC[C@H]1O[C@@H](n2ccc(=O)[nH]c2=O)[C@H](O)[C@@H]1CO. The van der Waals surface area contributed by atoms with Crippen LogP contribution in [0.4, 0.5) is 0 Å². The molecular formula is C22H37N4O11P. The van der Waals surface area contributed by atoms with Crippen molar-refractivity contribution >= 4 is 19.6 Å². The molecule has 0 unspecified atom stereocenters. The number of aromatic nitrogens is 2. The molecule has 2 rings (SSSR count). The van der Waals surface area contributed by atoms with Crippen molar-refractivity contribution in [2.75, 3.05) is 13.2 Å². The van der Waals surface area contributed by atoms with Gasteiger partial charge in [0.1, 0.15) is 18.2 Å². The molecular weight excluding hydrogens is 527 g/mol. The van der Waals surface area contributed by atoms with Gasteiger partial charge in [-0.15, -0.1) is 0 Å². The maximum absolute atomic E-state index is 13.8. The molecule has 1 aromatic heterocycles. The summed E-state index contributed by atoms with van der Waals surface area (Å²) in [5.41, 5.74) is -1.49. The van der Waals surface area contributed by atoms with Crippen LogP contribution < -0.4 is 21.4 Å². The molecule has 216 valence electrons. The monoisotopic (exact) mass is 564 g/mol. The van der Waals surface area contributed by atoms with Crippen LogP contribution in [0.25, 0.3) is 0 Å². The van der Waals surface area contributed by atoms with E-state index in [9.17, 15) is 34.0 Å². The third kappa shape index (κ3) is 8.56. The third-order valence-corrected chi connectivity index (χ3v) is 7.38. The number of aliphatic hydroxyl groups is 2. The fraction of sp³-hybridized carbons (Fsp3) is 0.727. The highest BCUT2D eigenvalue weighted by Gasteiger charge is 2.46. The molecule has 15 nitrogen and oxygen atoms in total. The molecule has 0 aliphatic carbocycles. The summed E-state index contributed by atoms with van der Waals surface area (Å²) < 4.78 is 36.3. The maximum Gasteiger partial charge on any atom is 0.342 e. The van der Waals surface area contributed by atoms with Crippen LogP contribution in [-0.2, 0) is 32.9 Å². The molecule has 5 N–H and O–H groups in total. The van der Waals surface area contributed by atoms with Gasteiger partial charge in [-0.1, -0.05) is 0 Å². The number of hydrogen-bond donors (Lipinski definition) is 5. The van der Waals surface area contributed by atoms with Gasteiger partial charge in [-0.05, 0) is 41.5 Å². The smallest absolute Gasteiger partial charge is 0.342 e. The van der Waals surface area contributed by atoms with Crippen molar-refractivity contribution in [1.82, 2.24) is 19.7 Å². The molecule has 0 spiro atoms. The Hall–Kier alpha value is -2.39. The summed E-state index contributed by atoms with van der Waals surface area (Å²) in [6.07, 6.45) is -3.50. The van der Waals surface area contributed by atoms with Gasteiger partial charge in [0.15, 0.2) is 6.23 Å². The number of rotatable bonds is 13. The Bertz CT molecular complexity index is 1090. The van der Waals surface area contributed by atoms with Gasteiger partial charge in [-0.2, -0.15) is 0 Å². The standard InChI is InChI=1S/C22H37N4O11P/c1-11(2)35-20(30)13(5)24-38(33,25-14(6)21(31)36-12(3)4)34-10-16-15(9-27)18(29)19(37-16)26-8-7-17(28)23-22(26)32/h7-8,11-16,18-19,27,29H,9-10H2,1-6H3,(H,23,28,32)(H2,24,25,33)/t13-,14-,15+,16+,18+,19+/m0/s1. The van der Waals surface area contributed by atoms with Gasteiger partial charge in [0.05, 0.1) is 31.5 Å². The molecule has 0 aromatic carbocycles. The first-order chi connectivity index (χ1) is 17.7. The average molecular weight is 565 g/mol. The molecule has 16 heteroatoms. The fourth-order valence-corrected chi connectivity index (χ4v) is 5.42. The lowest BCUT2D eigenvalue weighted by atomic mass is 9.99. The van der Waals surface area contributed by atoms with E-state index in [0.29, 0.717) is 0 Å². The number of ether oxygens (including phenoxy) is 3. The lowest BCUT2D eigenvalue weighted by Crippen LogP contribution is -2.43. The molecule has 1 fully saturated rings. The second kappa shape index (κ2) is 13.6. The molecule has 0 amide bonds. The number of esters is 2. The topological polar surface area (TPSA) is 208 Å². The minimum absolute atomic E-state index is 0.438. The van der Waals surface area contributed by atoms with Crippen LogP contribution >= 0.6 is 7.67 Å². The molecule has 0 radical (unpaired) electrons. The molecule has 1 aliphatic rings. The van der Waals surface area contributed by atoms with Crippen LogP contribution in [-0.4, -0.2) is 81.4 Å². The highest BCUT2D eigenvalue weighted by Crippen LogP contribution is 2.42. The Morgan fingerprint density at radius 1 is 1.08 bits per heavy atom. The number of carbonyl (C=O) groups is 2. The minimum Gasteiger partial charge on any atom is -0.462 e. The Morgan fingerprint density at radius 3 is 2.05 bits per heavy atom. The van der Waals surface area contributed by atoms with E-state index in [1.807, 2.05) is 4.98 Å². The number of carbonyl (C=O) groups excluding carboxylic acids is 2. The molecule has 1 aromatic rings. The summed E-state index contributed by atoms with van der Waals surface area (Å²) in [6, 6.07) is -1.19. The van der Waals surface area contributed by atoms with E-state index >= 15 is 0 Å². The lowest BCUT2D eigenvalue weighted by Gasteiger charge is -2.28. The normalized spacial score (nSPS) is 23.4. The van der Waals surface area contributed by atoms with E-state index in [1.54, 1.807) is 27.7 Å². The molecule has 0 saturated carbocycles. The van der Waals surface area contributed by atoms with Gasteiger partial charge < -0.3 is 28.9 Å². The molecule has 0 bridgehead atoms. The summed E-state index contributed by atoms with van der Waals surface area (Å²) in [6.45, 7) is 8.29. The Labute approximate surface area is 219 Å². The number of aliphatic hydroxyl groups excluding tert-OH is 2. The van der Waals surface area contributed by atoms with Gasteiger partial charge in [-0.25, -0.2) is 15.0 Å². The molecule has 2 heterocycles. The van der Waals surface area contributed by atoms with Gasteiger partial charge >= 0.3 is 25.3 Å². The van der Waals surface area contributed by atoms with E-state index in [0.717, 1.165) is 16.8 Å². The Kier molecular flexibility index (Phi) is 11.4. The predicted molar refractivity (Wildman–Crippen MR) is 133 cm³/mol. The molecule has 38 heavy (non-hydrogen) atoms. The number of H-pyrrole nitrogens is 1. The first-order valence-electron chi connectivity index (χ1n) is 12.1. The zero-order valence-electron chi connectivity index (χ0n) is 22.2. The number of aromatic amines is 1. The van der Waals surface area contributed by atoms with E-state index in [2.05, 4.69) is 10.2 Å². The zero-order valence-corrected chi connectivity index (χ0v) is 23.0. The van der Waals surface area contributed by atoms with Gasteiger partial charge in [-0.3, -0.25) is 28.5 Å². The average Bonchev–Trinajstić information content (AvgIpc) is 3.11. The summed E-state index contributed by atoms with van der Waals surface area (Å²) >= 11 is 0.